The van der Waals surface area contributed by atoms with Gasteiger partial charge in [-0.1, -0.05) is 54.5 Å². The van der Waals surface area contributed by atoms with Gasteiger partial charge in [-0.25, -0.2) is 0 Å². The number of hydrogen-bond acceptors (Lipinski definition) is 1. The van der Waals surface area contributed by atoms with E-state index in [1.54, 1.807) is 0 Å². The fraction of sp³-hybridized carbons (Fsp3) is 1.00. The smallest absolute Gasteiger partial charge is 0.0656 e. The molecule has 0 heterocycles. The summed E-state index contributed by atoms with van der Waals surface area (Å²) >= 11 is 3.88. The van der Waals surface area contributed by atoms with E-state index in [-0.39, 0.29) is 0 Å². The molecule has 1 spiro atoms. The highest BCUT2D eigenvalue weighted by molar-refractivity contribution is 9.09. The molecule has 2 heteroatoms. The molecule has 98 valence electrons. The highest BCUT2D eigenvalue weighted by Crippen LogP contribution is 2.58. The Bertz CT molecular complexity index is 252. The fourth-order valence-corrected chi connectivity index (χ4v) is 5.26. The van der Waals surface area contributed by atoms with Gasteiger partial charge in [0.05, 0.1) is 12.2 Å². The summed E-state index contributed by atoms with van der Waals surface area (Å²) in [5.41, 5.74) is 0.534. The standard InChI is InChI=1S/C15H25BrO/c16-13-11-14(15(13)9-5-6-10-15)17-12-7-3-1-2-4-8-12/h12-14H,1-11H2. The third-order valence-electron chi connectivity index (χ3n) is 5.38. The quantitative estimate of drug-likeness (QED) is 0.525. The number of rotatable bonds is 2. The van der Waals surface area contributed by atoms with E-state index >= 15 is 0 Å². The van der Waals surface area contributed by atoms with Crippen LogP contribution in [-0.2, 0) is 4.74 Å². The van der Waals surface area contributed by atoms with Crippen molar-refractivity contribution < 1.29 is 4.74 Å². The van der Waals surface area contributed by atoms with Crippen LogP contribution in [0.4, 0.5) is 0 Å². The summed E-state index contributed by atoms with van der Waals surface area (Å²) in [6, 6.07) is 0. The van der Waals surface area contributed by atoms with Gasteiger partial charge in [0.25, 0.3) is 0 Å². The van der Waals surface area contributed by atoms with Gasteiger partial charge in [-0.3, -0.25) is 0 Å². The predicted molar refractivity (Wildman–Crippen MR) is 74.6 cm³/mol. The van der Waals surface area contributed by atoms with E-state index in [9.17, 15) is 0 Å². The highest BCUT2D eigenvalue weighted by Gasteiger charge is 2.56. The summed E-state index contributed by atoms with van der Waals surface area (Å²) in [6.07, 6.45) is 16.4. The lowest BCUT2D eigenvalue weighted by atomic mass is 9.64. The topological polar surface area (TPSA) is 9.23 Å². The van der Waals surface area contributed by atoms with Crippen LogP contribution in [0.5, 0.6) is 0 Å². The normalized spacial score (nSPS) is 37.9. The molecule has 3 fully saturated rings. The Balaban J connectivity index is 1.57. The molecule has 3 saturated carbocycles. The van der Waals surface area contributed by atoms with Crippen LogP contribution < -0.4 is 0 Å². The van der Waals surface area contributed by atoms with E-state index < -0.39 is 0 Å². The second-order valence-corrected chi connectivity index (χ2v) is 7.49. The molecule has 1 nitrogen and oxygen atoms in total. The first kappa shape index (κ1) is 12.5. The third kappa shape index (κ3) is 2.32. The third-order valence-corrected chi connectivity index (χ3v) is 6.67. The summed E-state index contributed by atoms with van der Waals surface area (Å²) in [5.74, 6) is 0. The largest absolute Gasteiger partial charge is 0.374 e. The maximum Gasteiger partial charge on any atom is 0.0656 e. The average molecular weight is 301 g/mol. The zero-order valence-corrected chi connectivity index (χ0v) is 12.4. The average Bonchev–Trinajstić information content (AvgIpc) is 2.73. The lowest BCUT2D eigenvalue weighted by Gasteiger charge is -2.52. The zero-order valence-electron chi connectivity index (χ0n) is 10.8. The second-order valence-electron chi connectivity index (χ2n) is 6.38. The van der Waals surface area contributed by atoms with E-state index in [0.717, 1.165) is 4.83 Å². The van der Waals surface area contributed by atoms with Gasteiger partial charge in [0, 0.05) is 10.2 Å². The van der Waals surface area contributed by atoms with Gasteiger partial charge in [-0.15, -0.1) is 0 Å². The molecule has 2 unspecified atom stereocenters. The molecule has 0 N–H and O–H groups in total. The first-order valence-corrected chi connectivity index (χ1v) is 8.52. The zero-order chi connectivity index (χ0) is 11.7. The van der Waals surface area contributed by atoms with Crippen LogP contribution in [0.2, 0.25) is 0 Å². The van der Waals surface area contributed by atoms with Gasteiger partial charge < -0.3 is 4.74 Å². The number of alkyl halides is 1. The molecule has 0 aromatic heterocycles. The molecule has 2 atom stereocenters. The summed E-state index contributed by atoms with van der Waals surface area (Å²) in [7, 11) is 0. The van der Waals surface area contributed by atoms with Gasteiger partial charge in [-0.05, 0) is 32.1 Å². The van der Waals surface area contributed by atoms with Crippen molar-refractivity contribution in [3.05, 3.63) is 0 Å². The molecule has 3 aliphatic rings. The van der Waals surface area contributed by atoms with Crippen LogP contribution in [0.25, 0.3) is 0 Å². The summed E-state index contributed by atoms with van der Waals surface area (Å²) in [5, 5.41) is 0. The van der Waals surface area contributed by atoms with Gasteiger partial charge in [-0.2, -0.15) is 0 Å². The number of halogens is 1. The lowest BCUT2D eigenvalue weighted by molar-refractivity contribution is -0.136. The minimum atomic E-state index is 0.534. The van der Waals surface area contributed by atoms with Crippen LogP contribution in [0, 0.1) is 5.41 Å². The van der Waals surface area contributed by atoms with Crippen LogP contribution >= 0.6 is 15.9 Å². The number of hydrogen-bond donors (Lipinski definition) is 0. The van der Waals surface area contributed by atoms with Crippen molar-refractivity contribution in [2.24, 2.45) is 5.41 Å². The van der Waals surface area contributed by atoms with Crippen molar-refractivity contribution in [3.8, 4) is 0 Å². The fourth-order valence-electron chi connectivity index (χ4n) is 4.17. The minimum absolute atomic E-state index is 0.534. The minimum Gasteiger partial charge on any atom is -0.374 e. The van der Waals surface area contributed by atoms with Crippen molar-refractivity contribution in [1.82, 2.24) is 0 Å². The van der Waals surface area contributed by atoms with E-state index in [4.69, 9.17) is 4.74 Å². The monoisotopic (exact) mass is 300 g/mol. The van der Waals surface area contributed by atoms with E-state index in [1.165, 1.54) is 70.6 Å². The molecule has 3 rings (SSSR count). The van der Waals surface area contributed by atoms with Gasteiger partial charge in [0.1, 0.15) is 0 Å². The Morgan fingerprint density at radius 2 is 1.53 bits per heavy atom. The maximum atomic E-state index is 6.49. The van der Waals surface area contributed by atoms with Gasteiger partial charge in [0.2, 0.25) is 0 Å². The summed E-state index contributed by atoms with van der Waals surface area (Å²) < 4.78 is 6.49. The highest BCUT2D eigenvalue weighted by atomic mass is 79.9. The van der Waals surface area contributed by atoms with Crippen molar-refractivity contribution >= 4 is 15.9 Å². The Labute approximate surface area is 114 Å². The molecule has 0 radical (unpaired) electrons. The maximum absolute atomic E-state index is 6.49. The van der Waals surface area contributed by atoms with Crippen LogP contribution in [0.3, 0.4) is 0 Å². The van der Waals surface area contributed by atoms with Crippen molar-refractivity contribution in [3.63, 3.8) is 0 Å². The molecule has 0 aliphatic heterocycles. The number of ether oxygens (including phenoxy) is 1. The summed E-state index contributed by atoms with van der Waals surface area (Å²) in [6.45, 7) is 0. The van der Waals surface area contributed by atoms with Gasteiger partial charge in [0.15, 0.2) is 0 Å². The molecular formula is C15H25BrO. The Hall–Kier alpha value is 0.440. The van der Waals surface area contributed by atoms with Crippen molar-refractivity contribution in [1.29, 1.82) is 0 Å². The SMILES string of the molecule is BrC1CC(OC2CCCCCC2)C12CCCC2. The molecule has 0 aromatic carbocycles. The lowest BCUT2D eigenvalue weighted by Crippen LogP contribution is -2.54. The van der Waals surface area contributed by atoms with Crippen LogP contribution in [0.15, 0.2) is 0 Å². The van der Waals surface area contributed by atoms with E-state index in [2.05, 4.69) is 15.9 Å². The van der Waals surface area contributed by atoms with Crippen molar-refractivity contribution in [2.75, 3.05) is 0 Å². The molecular weight excluding hydrogens is 276 g/mol. The Morgan fingerprint density at radius 1 is 0.882 bits per heavy atom. The van der Waals surface area contributed by atoms with E-state index in [0.29, 0.717) is 17.6 Å². The Morgan fingerprint density at radius 3 is 2.12 bits per heavy atom. The molecule has 0 saturated heterocycles. The summed E-state index contributed by atoms with van der Waals surface area (Å²) in [4.78, 5) is 0.744. The predicted octanol–water partition coefficient (Wildman–Crippen LogP) is 4.82. The second kappa shape index (κ2) is 5.21. The Kier molecular flexibility index (Phi) is 3.82. The first-order chi connectivity index (χ1) is 8.31. The molecule has 0 bridgehead atoms. The molecule has 3 aliphatic carbocycles. The van der Waals surface area contributed by atoms with E-state index in [1.807, 2.05) is 0 Å². The molecule has 17 heavy (non-hydrogen) atoms. The first-order valence-electron chi connectivity index (χ1n) is 7.61. The van der Waals surface area contributed by atoms with Crippen LogP contribution in [-0.4, -0.2) is 17.0 Å². The van der Waals surface area contributed by atoms with Crippen molar-refractivity contribution in [2.45, 2.75) is 87.7 Å². The molecule has 0 aromatic rings. The van der Waals surface area contributed by atoms with Gasteiger partial charge >= 0.3 is 0 Å². The van der Waals surface area contributed by atoms with Crippen LogP contribution in [0.1, 0.15) is 70.6 Å². The molecule has 0 amide bonds.